The molecule has 3 aromatic rings. The molecule has 152 valence electrons. The quantitative estimate of drug-likeness (QED) is 0.590. The molecular weight excluding hydrogens is 392 g/mol. The number of benzene rings is 3. The van der Waals surface area contributed by atoms with Gasteiger partial charge in [-0.3, -0.25) is 14.5 Å². The summed E-state index contributed by atoms with van der Waals surface area (Å²) in [5, 5.41) is 2.91. The molecule has 4 nitrogen and oxygen atoms in total. The number of anilines is 2. The Labute approximate surface area is 181 Å². The minimum Gasteiger partial charge on any atom is -0.326 e. The second kappa shape index (κ2) is 9.18. The summed E-state index contributed by atoms with van der Waals surface area (Å²) in [6, 6.07) is 25.8. The Hall–Kier alpha value is -3.05. The monoisotopic (exact) mass is 416 g/mol. The van der Waals surface area contributed by atoms with Crippen molar-refractivity contribution in [2.45, 2.75) is 25.1 Å². The molecule has 1 fully saturated rings. The first kappa shape index (κ1) is 20.2. The van der Waals surface area contributed by atoms with Gasteiger partial charge in [0.25, 0.3) is 0 Å². The number of hydrogen-bond donors (Lipinski definition) is 1. The average molecular weight is 417 g/mol. The normalized spacial score (nSPS) is 16.0. The third-order valence-electron chi connectivity index (χ3n) is 5.11. The SMILES string of the molecule is Cc1cccc(N2C(=O)CS[C@H]2c2ccc(NC(=O)CCc3ccccc3)cc2)c1. The van der Waals surface area contributed by atoms with Crippen molar-refractivity contribution in [2.75, 3.05) is 16.0 Å². The molecule has 0 radical (unpaired) electrons. The van der Waals surface area contributed by atoms with E-state index in [9.17, 15) is 9.59 Å². The fraction of sp³-hybridized carbons (Fsp3) is 0.200. The molecule has 1 N–H and O–H groups in total. The molecule has 0 aliphatic carbocycles. The molecule has 1 saturated heterocycles. The molecule has 1 aliphatic heterocycles. The van der Waals surface area contributed by atoms with Gasteiger partial charge < -0.3 is 5.32 Å². The van der Waals surface area contributed by atoms with Crippen molar-refractivity contribution in [3.63, 3.8) is 0 Å². The zero-order chi connectivity index (χ0) is 20.9. The van der Waals surface area contributed by atoms with Crippen LogP contribution in [-0.4, -0.2) is 17.6 Å². The predicted octanol–water partition coefficient (Wildman–Crippen LogP) is 5.34. The first-order chi connectivity index (χ1) is 14.6. The van der Waals surface area contributed by atoms with Crippen LogP contribution in [0.25, 0.3) is 0 Å². The second-order valence-corrected chi connectivity index (χ2v) is 8.49. The van der Waals surface area contributed by atoms with Crippen molar-refractivity contribution in [1.29, 1.82) is 0 Å². The van der Waals surface area contributed by atoms with Crippen LogP contribution in [-0.2, 0) is 16.0 Å². The third-order valence-corrected chi connectivity index (χ3v) is 6.32. The summed E-state index contributed by atoms with van der Waals surface area (Å²) in [6.07, 6.45) is 1.16. The van der Waals surface area contributed by atoms with Crippen LogP contribution in [0.3, 0.4) is 0 Å². The van der Waals surface area contributed by atoms with Crippen LogP contribution in [0.4, 0.5) is 11.4 Å². The Kier molecular flexibility index (Phi) is 6.19. The molecule has 3 aromatic carbocycles. The molecule has 0 unspecified atom stereocenters. The van der Waals surface area contributed by atoms with Gasteiger partial charge in [0.05, 0.1) is 5.75 Å². The van der Waals surface area contributed by atoms with E-state index in [1.807, 2.05) is 90.7 Å². The Morgan fingerprint density at radius 1 is 1.03 bits per heavy atom. The zero-order valence-corrected chi connectivity index (χ0v) is 17.7. The highest BCUT2D eigenvalue weighted by Gasteiger charge is 2.34. The number of aryl methyl sites for hydroxylation is 2. The van der Waals surface area contributed by atoms with Gasteiger partial charge in [-0.15, -0.1) is 11.8 Å². The molecule has 1 aliphatic rings. The largest absolute Gasteiger partial charge is 0.326 e. The van der Waals surface area contributed by atoms with Crippen LogP contribution in [0, 0.1) is 6.92 Å². The Balaban J connectivity index is 1.41. The van der Waals surface area contributed by atoms with E-state index in [2.05, 4.69) is 5.32 Å². The molecule has 2 amide bonds. The van der Waals surface area contributed by atoms with Crippen molar-refractivity contribution in [3.05, 3.63) is 95.6 Å². The summed E-state index contributed by atoms with van der Waals surface area (Å²) >= 11 is 1.63. The van der Waals surface area contributed by atoms with E-state index in [1.165, 1.54) is 0 Å². The Morgan fingerprint density at radius 3 is 2.53 bits per heavy atom. The molecule has 1 atom stereocenters. The van der Waals surface area contributed by atoms with Crippen molar-refractivity contribution >= 4 is 35.0 Å². The zero-order valence-electron chi connectivity index (χ0n) is 16.9. The molecule has 30 heavy (non-hydrogen) atoms. The van der Waals surface area contributed by atoms with Gasteiger partial charge in [0.15, 0.2) is 0 Å². The predicted molar refractivity (Wildman–Crippen MR) is 124 cm³/mol. The second-order valence-electron chi connectivity index (χ2n) is 7.42. The van der Waals surface area contributed by atoms with E-state index in [0.717, 1.165) is 34.5 Å². The number of nitrogens with one attached hydrogen (secondary N) is 1. The maximum atomic E-state index is 12.5. The summed E-state index contributed by atoms with van der Waals surface area (Å²) in [5.74, 6) is 0.587. The highest BCUT2D eigenvalue weighted by Crippen LogP contribution is 2.42. The van der Waals surface area contributed by atoms with Gasteiger partial charge in [0.2, 0.25) is 11.8 Å². The van der Waals surface area contributed by atoms with Crippen molar-refractivity contribution < 1.29 is 9.59 Å². The standard InChI is InChI=1S/C25H24N2O2S/c1-18-6-5-9-22(16-18)27-24(29)17-30-25(27)20-11-13-21(14-12-20)26-23(28)15-10-19-7-3-2-4-8-19/h2-9,11-14,16,25H,10,15,17H2,1H3,(H,26,28)/t25-/m0/s1. The number of rotatable bonds is 6. The summed E-state index contributed by atoms with van der Waals surface area (Å²) in [7, 11) is 0. The number of thioether (sulfide) groups is 1. The fourth-order valence-corrected chi connectivity index (χ4v) is 4.76. The highest BCUT2D eigenvalue weighted by molar-refractivity contribution is 8.00. The van der Waals surface area contributed by atoms with Gasteiger partial charge >= 0.3 is 0 Å². The summed E-state index contributed by atoms with van der Waals surface area (Å²) in [5.41, 5.74) is 5.03. The first-order valence-electron chi connectivity index (χ1n) is 10.0. The molecule has 5 heteroatoms. The fourth-order valence-electron chi connectivity index (χ4n) is 3.58. The Bertz CT molecular complexity index is 1030. The van der Waals surface area contributed by atoms with Gasteiger partial charge in [-0.25, -0.2) is 0 Å². The lowest BCUT2D eigenvalue weighted by atomic mass is 10.1. The van der Waals surface area contributed by atoms with E-state index in [1.54, 1.807) is 11.8 Å². The highest BCUT2D eigenvalue weighted by atomic mass is 32.2. The topological polar surface area (TPSA) is 49.4 Å². The average Bonchev–Trinajstić information content (AvgIpc) is 3.15. The van der Waals surface area contributed by atoms with Gasteiger partial charge in [0, 0.05) is 17.8 Å². The lowest BCUT2D eigenvalue weighted by Crippen LogP contribution is -2.27. The van der Waals surface area contributed by atoms with Crippen molar-refractivity contribution in [3.8, 4) is 0 Å². The maximum absolute atomic E-state index is 12.5. The van der Waals surface area contributed by atoms with Gasteiger partial charge in [-0.2, -0.15) is 0 Å². The van der Waals surface area contributed by atoms with E-state index in [-0.39, 0.29) is 17.2 Å². The number of amides is 2. The number of carbonyl (C=O) groups excluding carboxylic acids is 2. The van der Waals surface area contributed by atoms with Crippen LogP contribution in [0.15, 0.2) is 78.9 Å². The van der Waals surface area contributed by atoms with Gasteiger partial charge in [-0.1, -0.05) is 54.6 Å². The Morgan fingerprint density at radius 2 is 1.80 bits per heavy atom. The molecule has 0 saturated carbocycles. The summed E-state index contributed by atoms with van der Waals surface area (Å²) in [6.45, 7) is 2.03. The summed E-state index contributed by atoms with van der Waals surface area (Å²) < 4.78 is 0. The molecule has 1 heterocycles. The lowest BCUT2D eigenvalue weighted by Gasteiger charge is -2.25. The van der Waals surface area contributed by atoms with E-state index < -0.39 is 0 Å². The minimum absolute atomic E-state index is 0.00147. The van der Waals surface area contributed by atoms with Crippen LogP contribution < -0.4 is 10.2 Å². The van der Waals surface area contributed by atoms with Crippen LogP contribution >= 0.6 is 11.8 Å². The van der Waals surface area contributed by atoms with Crippen LogP contribution in [0.2, 0.25) is 0 Å². The number of carbonyl (C=O) groups is 2. The van der Waals surface area contributed by atoms with E-state index in [0.29, 0.717) is 12.2 Å². The summed E-state index contributed by atoms with van der Waals surface area (Å²) in [4.78, 5) is 26.7. The van der Waals surface area contributed by atoms with Crippen molar-refractivity contribution in [2.24, 2.45) is 0 Å². The molecular formula is C25H24N2O2S. The lowest BCUT2D eigenvalue weighted by molar-refractivity contribution is -0.116. The van der Waals surface area contributed by atoms with E-state index in [4.69, 9.17) is 0 Å². The number of hydrogen-bond acceptors (Lipinski definition) is 3. The molecule has 0 spiro atoms. The smallest absolute Gasteiger partial charge is 0.238 e. The van der Waals surface area contributed by atoms with E-state index >= 15 is 0 Å². The van der Waals surface area contributed by atoms with Gasteiger partial charge in [-0.05, 0) is 54.3 Å². The van der Waals surface area contributed by atoms with Crippen molar-refractivity contribution in [1.82, 2.24) is 0 Å². The van der Waals surface area contributed by atoms with Crippen LogP contribution in [0.5, 0.6) is 0 Å². The molecule has 0 bridgehead atoms. The van der Waals surface area contributed by atoms with Crippen LogP contribution in [0.1, 0.15) is 28.5 Å². The maximum Gasteiger partial charge on any atom is 0.238 e. The number of nitrogens with zero attached hydrogens (tertiary/aromatic N) is 1. The van der Waals surface area contributed by atoms with Gasteiger partial charge in [0.1, 0.15) is 5.37 Å². The first-order valence-corrected chi connectivity index (χ1v) is 11.1. The molecule has 4 rings (SSSR count). The third kappa shape index (κ3) is 4.74. The molecule has 0 aromatic heterocycles. The minimum atomic E-state index is -0.0536.